The summed E-state index contributed by atoms with van der Waals surface area (Å²) in [7, 11) is 4.49. The van der Waals surface area contributed by atoms with Crippen LogP contribution in [-0.2, 0) is 16.1 Å². The second-order valence-corrected chi connectivity index (χ2v) is 6.10. The summed E-state index contributed by atoms with van der Waals surface area (Å²) in [5.41, 5.74) is 1.20. The molecule has 0 fully saturated rings. The summed E-state index contributed by atoms with van der Waals surface area (Å²) in [5, 5.41) is 6.05. The average Bonchev–Trinajstić information content (AvgIpc) is 3.16. The van der Waals surface area contributed by atoms with Crippen molar-refractivity contribution in [1.29, 1.82) is 0 Å². The van der Waals surface area contributed by atoms with E-state index in [1.807, 2.05) is 6.07 Å². The number of anilines is 2. The van der Waals surface area contributed by atoms with Crippen LogP contribution in [0, 0.1) is 0 Å². The number of rotatable bonds is 7. The van der Waals surface area contributed by atoms with Gasteiger partial charge in [-0.1, -0.05) is 0 Å². The van der Waals surface area contributed by atoms with Crippen molar-refractivity contribution < 1.29 is 19.1 Å². The van der Waals surface area contributed by atoms with Crippen LogP contribution in [0.5, 0.6) is 5.75 Å². The molecule has 3 aromatic rings. The number of ether oxygens (including phenoxy) is 1. The summed E-state index contributed by atoms with van der Waals surface area (Å²) in [6, 6.07) is 7.07. The van der Waals surface area contributed by atoms with Crippen LogP contribution in [0.1, 0.15) is 10.5 Å². The molecular formula is C19H20N6O4. The van der Waals surface area contributed by atoms with Crippen LogP contribution in [0.25, 0.3) is 10.9 Å². The first-order chi connectivity index (χ1) is 14.0. The highest BCUT2D eigenvalue weighted by atomic mass is 16.5. The molecule has 3 amide bonds. The molecule has 29 heavy (non-hydrogen) atoms. The zero-order chi connectivity index (χ0) is 21.0. The van der Waals surface area contributed by atoms with Gasteiger partial charge in [0, 0.05) is 25.7 Å². The molecule has 3 rings (SSSR count). The van der Waals surface area contributed by atoms with Crippen LogP contribution in [0.15, 0.2) is 36.8 Å². The van der Waals surface area contributed by atoms with Gasteiger partial charge < -0.3 is 24.8 Å². The molecule has 150 valence electrons. The molecular weight excluding hydrogens is 376 g/mol. The Balaban J connectivity index is 1.89. The predicted molar refractivity (Wildman–Crippen MR) is 107 cm³/mol. The largest absolute Gasteiger partial charge is 0.496 e. The van der Waals surface area contributed by atoms with Crippen LogP contribution in [-0.4, -0.2) is 54.0 Å². The number of carbonyl (C=O) groups is 3. The van der Waals surface area contributed by atoms with Crippen molar-refractivity contribution in [3.05, 3.63) is 42.5 Å². The molecule has 0 aliphatic rings. The Bertz CT molecular complexity index is 1080. The SMILES string of the molecule is CNC(=O)c1c(N(C)C=O)ncn1CC(=O)Nc1ccc(OC)c2cccnc12. The van der Waals surface area contributed by atoms with Gasteiger partial charge in [-0.2, -0.15) is 0 Å². The highest BCUT2D eigenvalue weighted by molar-refractivity contribution is 6.03. The van der Waals surface area contributed by atoms with Gasteiger partial charge in [0.2, 0.25) is 12.3 Å². The van der Waals surface area contributed by atoms with E-state index in [0.717, 1.165) is 5.39 Å². The number of benzene rings is 1. The lowest BCUT2D eigenvalue weighted by Gasteiger charge is -2.13. The minimum Gasteiger partial charge on any atom is -0.496 e. The Morgan fingerprint density at radius 3 is 2.76 bits per heavy atom. The minimum atomic E-state index is -0.462. The van der Waals surface area contributed by atoms with Crippen LogP contribution < -0.4 is 20.3 Å². The van der Waals surface area contributed by atoms with Crippen molar-refractivity contribution in [2.24, 2.45) is 0 Å². The fraction of sp³-hybridized carbons (Fsp3) is 0.211. The molecule has 0 bridgehead atoms. The summed E-state index contributed by atoms with van der Waals surface area (Å²) in [6.45, 7) is -0.178. The number of aromatic nitrogens is 3. The first-order valence-electron chi connectivity index (χ1n) is 8.67. The van der Waals surface area contributed by atoms with E-state index in [9.17, 15) is 14.4 Å². The van der Waals surface area contributed by atoms with Gasteiger partial charge in [0.1, 0.15) is 12.3 Å². The van der Waals surface area contributed by atoms with Crippen molar-refractivity contribution in [3.8, 4) is 5.75 Å². The Kier molecular flexibility index (Phi) is 5.72. The Morgan fingerprint density at radius 2 is 2.07 bits per heavy atom. The van der Waals surface area contributed by atoms with Crippen molar-refractivity contribution in [3.63, 3.8) is 0 Å². The first-order valence-corrected chi connectivity index (χ1v) is 8.67. The molecule has 2 aromatic heterocycles. The lowest BCUT2D eigenvalue weighted by molar-refractivity contribution is -0.116. The second-order valence-electron chi connectivity index (χ2n) is 6.10. The number of imidazole rings is 1. The lowest BCUT2D eigenvalue weighted by Crippen LogP contribution is -2.28. The molecule has 2 heterocycles. The number of carbonyl (C=O) groups excluding carboxylic acids is 3. The fourth-order valence-corrected chi connectivity index (χ4v) is 2.92. The second kappa shape index (κ2) is 8.38. The number of nitrogens with zero attached hydrogens (tertiary/aromatic N) is 4. The molecule has 0 saturated carbocycles. The van der Waals surface area contributed by atoms with Crippen LogP contribution in [0.3, 0.4) is 0 Å². The van der Waals surface area contributed by atoms with E-state index in [1.165, 1.54) is 29.9 Å². The molecule has 0 spiro atoms. The normalized spacial score (nSPS) is 10.4. The maximum Gasteiger partial charge on any atom is 0.271 e. The Hall–Kier alpha value is -3.95. The summed E-state index contributed by atoms with van der Waals surface area (Å²) >= 11 is 0. The number of hydrogen-bond acceptors (Lipinski definition) is 6. The van der Waals surface area contributed by atoms with Gasteiger partial charge in [0.25, 0.3) is 5.91 Å². The van der Waals surface area contributed by atoms with Crippen LogP contribution in [0.4, 0.5) is 11.5 Å². The maximum absolute atomic E-state index is 12.7. The topological polar surface area (TPSA) is 118 Å². The van der Waals surface area contributed by atoms with E-state index in [1.54, 1.807) is 31.5 Å². The molecule has 0 atom stereocenters. The predicted octanol–water partition coefficient (Wildman–Crippen LogP) is 1.03. The maximum atomic E-state index is 12.7. The first kappa shape index (κ1) is 19.8. The molecule has 0 aliphatic heterocycles. The number of pyridine rings is 1. The van der Waals surface area contributed by atoms with E-state index in [-0.39, 0.29) is 24.0 Å². The molecule has 1 aromatic carbocycles. The lowest BCUT2D eigenvalue weighted by atomic mass is 10.1. The van der Waals surface area contributed by atoms with Gasteiger partial charge in [0.05, 0.1) is 24.6 Å². The number of methoxy groups -OCH3 is 1. The highest BCUT2D eigenvalue weighted by Crippen LogP contribution is 2.29. The number of hydrogen-bond donors (Lipinski definition) is 2. The monoisotopic (exact) mass is 396 g/mol. The summed E-state index contributed by atoms with van der Waals surface area (Å²) in [5.74, 6) is -0.0478. The van der Waals surface area contributed by atoms with E-state index < -0.39 is 5.91 Å². The van der Waals surface area contributed by atoms with Gasteiger partial charge in [-0.3, -0.25) is 19.4 Å². The minimum absolute atomic E-state index is 0.106. The standard InChI is InChI=1S/C19H20N6O4/c1-20-19(28)17-18(24(2)11-26)22-10-25(17)9-15(27)23-13-6-7-14(29-3)12-5-4-8-21-16(12)13/h4-8,10-11H,9H2,1-3H3,(H,20,28)(H,23,27). The zero-order valence-electron chi connectivity index (χ0n) is 16.2. The highest BCUT2D eigenvalue weighted by Gasteiger charge is 2.22. The van der Waals surface area contributed by atoms with Gasteiger partial charge >= 0.3 is 0 Å². The molecule has 0 radical (unpaired) electrons. The smallest absolute Gasteiger partial charge is 0.271 e. The van der Waals surface area contributed by atoms with E-state index >= 15 is 0 Å². The fourth-order valence-electron chi connectivity index (χ4n) is 2.92. The number of nitrogens with one attached hydrogen (secondary N) is 2. The van der Waals surface area contributed by atoms with E-state index in [0.29, 0.717) is 23.4 Å². The number of fused-ring (bicyclic) bond motifs is 1. The van der Waals surface area contributed by atoms with Gasteiger partial charge in [-0.25, -0.2) is 4.98 Å². The molecule has 0 unspecified atom stereocenters. The van der Waals surface area contributed by atoms with Crippen LogP contribution >= 0.6 is 0 Å². The molecule has 2 N–H and O–H groups in total. The van der Waals surface area contributed by atoms with E-state index in [2.05, 4.69) is 20.6 Å². The van der Waals surface area contributed by atoms with Crippen molar-refractivity contribution in [2.75, 3.05) is 31.4 Å². The quantitative estimate of drug-likeness (QED) is 0.576. The number of amides is 3. The van der Waals surface area contributed by atoms with Crippen molar-refractivity contribution in [1.82, 2.24) is 19.9 Å². The third-order valence-corrected chi connectivity index (χ3v) is 4.29. The molecule has 10 nitrogen and oxygen atoms in total. The molecule has 10 heteroatoms. The Labute approximate surface area is 166 Å². The average molecular weight is 396 g/mol. The van der Waals surface area contributed by atoms with Crippen molar-refractivity contribution >= 4 is 40.6 Å². The van der Waals surface area contributed by atoms with Gasteiger partial charge in [-0.15, -0.1) is 0 Å². The summed E-state index contributed by atoms with van der Waals surface area (Å²) in [4.78, 5) is 45.5. The van der Waals surface area contributed by atoms with Gasteiger partial charge in [0.15, 0.2) is 11.5 Å². The van der Waals surface area contributed by atoms with Gasteiger partial charge in [-0.05, 0) is 24.3 Å². The Morgan fingerprint density at radius 1 is 1.28 bits per heavy atom. The third kappa shape index (κ3) is 3.86. The van der Waals surface area contributed by atoms with Crippen LogP contribution in [0.2, 0.25) is 0 Å². The molecule has 0 aliphatic carbocycles. The third-order valence-electron chi connectivity index (χ3n) is 4.29. The zero-order valence-corrected chi connectivity index (χ0v) is 16.2. The van der Waals surface area contributed by atoms with E-state index in [4.69, 9.17) is 4.74 Å². The summed E-state index contributed by atoms with van der Waals surface area (Å²) in [6.07, 6.45) is 3.50. The molecule has 0 saturated heterocycles. The van der Waals surface area contributed by atoms with Crippen molar-refractivity contribution in [2.45, 2.75) is 6.54 Å². The summed E-state index contributed by atoms with van der Waals surface area (Å²) < 4.78 is 6.71.